The molecule has 0 amide bonds. The topological polar surface area (TPSA) is 134 Å². The van der Waals surface area contributed by atoms with Gasteiger partial charge in [0.05, 0.1) is 20.7 Å². The summed E-state index contributed by atoms with van der Waals surface area (Å²) in [5.41, 5.74) is 1.73. The van der Waals surface area contributed by atoms with Crippen molar-refractivity contribution in [3.8, 4) is 16.4 Å². The van der Waals surface area contributed by atoms with Crippen molar-refractivity contribution in [2.75, 3.05) is 0 Å². The first-order chi connectivity index (χ1) is 17.5. The van der Waals surface area contributed by atoms with Crippen LogP contribution in [0.5, 0.6) is 0 Å². The second-order valence-electron chi connectivity index (χ2n) is 8.30. The lowest BCUT2D eigenvalue weighted by Gasteiger charge is -2.13. The Morgan fingerprint density at radius 1 is 1.22 bits per heavy atom. The van der Waals surface area contributed by atoms with Crippen LogP contribution in [0.15, 0.2) is 46.7 Å². The van der Waals surface area contributed by atoms with Gasteiger partial charge in [-0.05, 0) is 44.2 Å². The second-order valence-corrected chi connectivity index (χ2v) is 12.3. The van der Waals surface area contributed by atoms with Crippen LogP contribution < -0.4 is 0 Å². The number of nitrogens with zero attached hydrogens (tertiary/aromatic N) is 4. The van der Waals surface area contributed by atoms with E-state index in [1.807, 2.05) is 0 Å². The molecule has 1 atom stereocenters. The summed E-state index contributed by atoms with van der Waals surface area (Å²) in [6, 6.07) is 11.1. The third-order valence-corrected chi connectivity index (χ3v) is 9.23. The first-order valence-electron chi connectivity index (χ1n) is 10.9. The van der Waals surface area contributed by atoms with Gasteiger partial charge in [-0.3, -0.25) is 10.1 Å². The number of carboxylic acids is 1. The van der Waals surface area contributed by atoms with Crippen LogP contribution in [0.1, 0.15) is 41.2 Å². The van der Waals surface area contributed by atoms with E-state index in [9.17, 15) is 24.6 Å². The van der Waals surface area contributed by atoms with Crippen molar-refractivity contribution >= 4 is 57.4 Å². The Morgan fingerprint density at radius 2 is 1.92 bits per heavy atom. The summed E-state index contributed by atoms with van der Waals surface area (Å²) < 4.78 is 14.8. The maximum absolute atomic E-state index is 13.2. The third-order valence-electron chi connectivity index (χ3n) is 5.51. The lowest BCUT2D eigenvalue weighted by atomic mass is 10.0. The highest BCUT2D eigenvalue weighted by Crippen LogP contribution is 2.39. The van der Waals surface area contributed by atoms with E-state index in [1.54, 1.807) is 57.2 Å². The minimum atomic E-state index is -1.45. The molecule has 1 N–H and O–H groups in total. The molecular weight excluding hydrogens is 559 g/mol. The maximum atomic E-state index is 13.2. The average molecular weight is 579 g/mol. The van der Waals surface area contributed by atoms with E-state index in [0.717, 1.165) is 11.3 Å². The molecule has 4 rings (SSSR count). The van der Waals surface area contributed by atoms with Gasteiger partial charge in [0, 0.05) is 40.4 Å². The molecule has 0 fully saturated rings. The van der Waals surface area contributed by atoms with Crippen LogP contribution in [0.2, 0.25) is 10.0 Å². The smallest absolute Gasteiger partial charge is 0.355 e. The average Bonchev–Trinajstić information content (AvgIpc) is 3.42. The Balaban J connectivity index is 1.89. The predicted octanol–water partition coefficient (Wildman–Crippen LogP) is 6.32. The van der Waals surface area contributed by atoms with Gasteiger partial charge in [-0.25, -0.2) is 9.78 Å². The number of nitro groups is 1. The number of carbonyl (C=O) groups is 1. The number of hydrogen-bond donors (Lipinski definition) is 1. The normalized spacial score (nSPS) is 12.2. The van der Waals surface area contributed by atoms with Crippen LogP contribution in [0, 0.1) is 17.0 Å². The molecule has 13 heteroatoms. The molecule has 2 aromatic heterocycles. The third kappa shape index (κ3) is 5.36. The molecule has 0 aliphatic heterocycles. The zero-order valence-electron chi connectivity index (χ0n) is 19.8. The van der Waals surface area contributed by atoms with Gasteiger partial charge in [0.25, 0.3) is 5.69 Å². The quantitative estimate of drug-likeness (QED) is 0.147. The zero-order chi connectivity index (χ0) is 27.0. The molecule has 0 spiro atoms. The van der Waals surface area contributed by atoms with Crippen LogP contribution in [0.3, 0.4) is 0 Å². The number of carboxylic acid groups (broad SMARTS) is 1. The first kappa shape index (κ1) is 27.1. The monoisotopic (exact) mass is 578 g/mol. The minimum Gasteiger partial charge on any atom is -0.611 e. The van der Waals surface area contributed by atoms with Crippen molar-refractivity contribution in [1.29, 1.82) is 0 Å². The zero-order valence-corrected chi connectivity index (χ0v) is 22.9. The molecule has 0 saturated carbocycles. The number of hydrogen-bond acceptors (Lipinski definition) is 7. The Labute approximate surface area is 229 Å². The van der Waals surface area contributed by atoms with Gasteiger partial charge < -0.3 is 9.66 Å². The molecule has 2 heterocycles. The molecule has 192 valence electrons. The van der Waals surface area contributed by atoms with Crippen molar-refractivity contribution in [3.63, 3.8) is 0 Å². The summed E-state index contributed by atoms with van der Waals surface area (Å²) >= 11 is 11.9. The second kappa shape index (κ2) is 10.8. The number of nitro benzene ring substituents is 1. The molecule has 37 heavy (non-hydrogen) atoms. The van der Waals surface area contributed by atoms with E-state index in [1.165, 1.54) is 10.7 Å². The number of rotatable bonds is 8. The molecule has 0 aliphatic carbocycles. The Hall–Kier alpha value is -2.96. The van der Waals surface area contributed by atoms with Crippen molar-refractivity contribution in [2.45, 2.75) is 36.7 Å². The van der Waals surface area contributed by atoms with E-state index < -0.39 is 22.1 Å². The summed E-state index contributed by atoms with van der Waals surface area (Å²) in [6.07, 6.45) is -0.0135. The molecule has 0 aliphatic rings. The van der Waals surface area contributed by atoms with E-state index in [-0.39, 0.29) is 28.2 Å². The summed E-state index contributed by atoms with van der Waals surface area (Å²) in [6.45, 7) is 5.24. The highest BCUT2D eigenvalue weighted by molar-refractivity contribution is 7.94. The first-order valence-corrected chi connectivity index (χ1v) is 13.7. The summed E-state index contributed by atoms with van der Waals surface area (Å²) in [4.78, 5) is 28.0. The molecule has 9 nitrogen and oxygen atoms in total. The van der Waals surface area contributed by atoms with Crippen molar-refractivity contribution in [2.24, 2.45) is 0 Å². The van der Waals surface area contributed by atoms with Gasteiger partial charge in [0.1, 0.15) is 10.9 Å². The van der Waals surface area contributed by atoms with E-state index in [4.69, 9.17) is 23.2 Å². The van der Waals surface area contributed by atoms with Crippen molar-refractivity contribution in [1.82, 2.24) is 14.8 Å². The SMILES string of the molecule is Cc1nn(-c2nc(-c3ccc(Cl)c(Cl)c3)c([S+]([O-])C(C)C)s2)c(C(=O)O)c1Cc1ccccc1[N+](=O)[O-]. The molecule has 0 saturated heterocycles. The standard InChI is InChI=1S/C24H20Cl2N4O5S2/c1-12(2)37(35)23-20(15-8-9-17(25)18(26)11-15)27-24(36-23)29-21(22(31)32)16(13(3)28-29)10-14-6-4-5-7-19(14)30(33)34/h4-9,11-12H,10H2,1-3H3,(H,31,32). The van der Waals surface area contributed by atoms with E-state index >= 15 is 0 Å². The van der Waals surface area contributed by atoms with Gasteiger partial charge in [-0.15, -0.1) is 0 Å². The van der Waals surface area contributed by atoms with Crippen LogP contribution in [0.25, 0.3) is 16.4 Å². The number of para-hydroxylation sites is 1. The number of halogens is 2. The van der Waals surface area contributed by atoms with Crippen molar-refractivity contribution in [3.05, 3.63) is 85.1 Å². The van der Waals surface area contributed by atoms with Gasteiger partial charge in [-0.1, -0.05) is 47.5 Å². The highest BCUT2D eigenvalue weighted by Gasteiger charge is 2.31. The highest BCUT2D eigenvalue weighted by atomic mass is 35.5. The number of benzene rings is 2. The fourth-order valence-corrected chi connectivity index (χ4v) is 6.71. The lowest BCUT2D eigenvalue weighted by molar-refractivity contribution is -0.385. The van der Waals surface area contributed by atoms with Gasteiger partial charge in [-0.2, -0.15) is 9.78 Å². The Bertz CT molecular complexity index is 1520. The largest absolute Gasteiger partial charge is 0.611 e. The van der Waals surface area contributed by atoms with Gasteiger partial charge in [0.2, 0.25) is 9.34 Å². The Kier molecular flexibility index (Phi) is 7.91. The summed E-state index contributed by atoms with van der Waals surface area (Å²) in [5.74, 6) is -1.27. The lowest BCUT2D eigenvalue weighted by Crippen LogP contribution is -2.13. The van der Waals surface area contributed by atoms with E-state index in [2.05, 4.69) is 10.1 Å². The molecule has 1 unspecified atom stereocenters. The number of aromatic carboxylic acids is 1. The van der Waals surface area contributed by atoms with Crippen LogP contribution in [0.4, 0.5) is 5.69 Å². The van der Waals surface area contributed by atoms with Crippen LogP contribution in [-0.4, -0.2) is 40.6 Å². The summed E-state index contributed by atoms with van der Waals surface area (Å²) in [5, 5.41) is 26.6. The van der Waals surface area contributed by atoms with E-state index in [0.29, 0.717) is 42.3 Å². The number of aryl methyl sites for hydroxylation is 1. The van der Waals surface area contributed by atoms with Crippen LogP contribution >= 0.6 is 34.5 Å². The predicted molar refractivity (Wildman–Crippen MR) is 144 cm³/mol. The molecule has 0 radical (unpaired) electrons. The fourth-order valence-electron chi connectivity index (χ4n) is 3.72. The number of thiazole rings is 1. The maximum Gasteiger partial charge on any atom is 0.355 e. The molecule has 2 aromatic carbocycles. The Morgan fingerprint density at radius 3 is 2.54 bits per heavy atom. The van der Waals surface area contributed by atoms with Gasteiger partial charge >= 0.3 is 5.97 Å². The molecule has 4 aromatic rings. The van der Waals surface area contributed by atoms with Crippen LogP contribution in [-0.2, 0) is 17.6 Å². The molecule has 0 bridgehead atoms. The number of aromatic nitrogens is 3. The van der Waals surface area contributed by atoms with Crippen molar-refractivity contribution < 1.29 is 19.4 Å². The molecular formula is C24H20Cl2N4O5S2. The van der Waals surface area contributed by atoms with Gasteiger partial charge in [0.15, 0.2) is 5.69 Å². The summed E-state index contributed by atoms with van der Waals surface area (Å²) in [7, 11) is 0. The minimum absolute atomic E-state index is 0.0135. The fraction of sp³-hybridized carbons (Fsp3) is 0.208.